The molecule has 0 aliphatic rings. The first-order valence-electron chi connectivity index (χ1n) is 4.24. The molecule has 3 N–H and O–H groups in total. The van der Waals surface area contributed by atoms with Crippen LogP contribution in [0.2, 0.25) is 0 Å². The summed E-state index contributed by atoms with van der Waals surface area (Å²) in [6.45, 7) is 1.96. The van der Waals surface area contributed by atoms with Crippen LogP contribution in [-0.4, -0.2) is 11.1 Å². The summed E-state index contributed by atoms with van der Waals surface area (Å²) >= 11 is 2.21. The van der Waals surface area contributed by atoms with Crippen LogP contribution >= 0.6 is 22.6 Å². The Bertz CT molecular complexity index is 352. The molecule has 0 aromatic heterocycles. The lowest BCUT2D eigenvalue weighted by molar-refractivity contribution is -0.137. The highest BCUT2D eigenvalue weighted by Crippen LogP contribution is 2.22. The lowest BCUT2D eigenvalue weighted by atomic mass is 10.00. The molecule has 1 aromatic carbocycles. The maximum Gasteiger partial charge on any atom is 0.305 e. The van der Waals surface area contributed by atoms with E-state index >= 15 is 0 Å². The normalized spacial score (nSPS) is 12.5. The van der Waals surface area contributed by atoms with Gasteiger partial charge in [0.2, 0.25) is 0 Å². The monoisotopic (exact) mass is 305 g/mol. The predicted molar refractivity (Wildman–Crippen MR) is 63.1 cm³/mol. The number of hydrogen-bond donors (Lipinski definition) is 2. The van der Waals surface area contributed by atoms with Crippen LogP contribution in [0.1, 0.15) is 23.6 Å². The molecular formula is C10H12INO2. The Labute approximate surface area is 96.4 Å². The van der Waals surface area contributed by atoms with Gasteiger partial charge < -0.3 is 10.8 Å². The minimum Gasteiger partial charge on any atom is -0.481 e. The zero-order chi connectivity index (χ0) is 10.7. The molecule has 4 heteroatoms. The number of carboxylic acids is 1. The minimum atomic E-state index is -0.865. The van der Waals surface area contributed by atoms with Crippen molar-refractivity contribution in [2.75, 3.05) is 0 Å². The number of carbonyl (C=O) groups is 1. The Morgan fingerprint density at radius 2 is 2.29 bits per heavy atom. The average molecular weight is 305 g/mol. The number of nitrogens with two attached hydrogens (primary N) is 1. The van der Waals surface area contributed by atoms with Crippen molar-refractivity contribution < 1.29 is 9.90 Å². The first-order chi connectivity index (χ1) is 6.52. The summed E-state index contributed by atoms with van der Waals surface area (Å²) in [5, 5.41) is 8.62. The minimum absolute atomic E-state index is 0.0269. The van der Waals surface area contributed by atoms with E-state index < -0.39 is 12.0 Å². The summed E-state index contributed by atoms with van der Waals surface area (Å²) in [5.74, 6) is -0.865. The SMILES string of the molecule is Cc1c(I)cccc1[C@H](N)CC(=O)O. The van der Waals surface area contributed by atoms with Gasteiger partial charge in [0.1, 0.15) is 0 Å². The Balaban J connectivity index is 2.95. The zero-order valence-electron chi connectivity index (χ0n) is 7.83. The molecule has 0 aliphatic heterocycles. The van der Waals surface area contributed by atoms with Crippen molar-refractivity contribution in [2.45, 2.75) is 19.4 Å². The summed E-state index contributed by atoms with van der Waals surface area (Å²) in [4.78, 5) is 10.5. The summed E-state index contributed by atoms with van der Waals surface area (Å²) in [5.41, 5.74) is 7.77. The lowest BCUT2D eigenvalue weighted by Gasteiger charge is -2.13. The van der Waals surface area contributed by atoms with Crippen LogP contribution in [0.15, 0.2) is 18.2 Å². The molecule has 3 nitrogen and oxygen atoms in total. The van der Waals surface area contributed by atoms with Gasteiger partial charge in [-0.05, 0) is 46.7 Å². The number of benzene rings is 1. The average Bonchev–Trinajstić information content (AvgIpc) is 2.08. The van der Waals surface area contributed by atoms with E-state index in [1.165, 1.54) is 0 Å². The Hall–Kier alpha value is -0.620. The first kappa shape index (κ1) is 11.5. The lowest BCUT2D eigenvalue weighted by Crippen LogP contribution is -2.16. The first-order valence-corrected chi connectivity index (χ1v) is 5.32. The van der Waals surface area contributed by atoms with Gasteiger partial charge in [0, 0.05) is 9.61 Å². The fraction of sp³-hybridized carbons (Fsp3) is 0.300. The van der Waals surface area contributed by atoms with Crippen molar-refractivity contribution in [1.29, 1.82) is 0 Å². The van der Waals surface area contributed by atoms with E-state index in [2.05, 4.69) is 22.6 Å². The van der Waals surface area contributed by atoms with Crippen LogP contribution in [0.25, 0.3) is 0 Å². The third kappa shape index (κ3) is 2.68. The number of hydrogen-bond acceptors (Lipinski definition) is 2. The van der Waals surface area contributed by atoms with Crippen LogP contribution in [0, 0.1) is 10.5 Å². The number of rotatable bonds is 3. The molecular weight excluding hydrogens is 293 g/mol. The highest BCUT2D eigenvalue weighted by Gasteiger charge is 2.13. The summed E-state index contributed by atoms with van der Waals surface area (Å²) in [7, 11) is 0. The molecule has 0 unspecified atom stereocenters. The molecule has 0 bridgehead atoms. The molecule has 0 spiro atoms. The van der Waals surface area contributed by atoms with Gasteiger partial charge in [0.15, 0.2) is 0 Å². The maximum absolute atomic E-state index is 10.5. The third-order valence-electron chi connectivity index (χ3n) is 2.10. The molecule has 0 saturated carbocycles. The van der Waals surface area contributed by atoms with E-state index in [9.17, 15) is 4.79 Å². The second kappa shape index (κ2) is 4.75. The van der Waals surface area contributed by atoms with E-state index in [0.717, 1.165) is 14.7 Å². The van der Waals surface area contributed by atoms with E-state index in [4.69, 9.17) is 10.8 Å². The van der Waals surface area contributed by atoms with Gasteiger partial charge in [-0.1, -0.05) is 12.1 Å². The highest BCUT2D eigenvalue weighted by molar-refractivity contribution is 14.1. The van der Waals surface area contributed by atoms with Crippen LogP contribution in [0.4, 0.5) is 0 Å². The summed E-state index contributed by atoms with van der Waals surface area (Å²) < 4.78 is 1.11. The zero-order valence-corrected chi connectivity index (χ0v) is 9.98. The van der Waals surface area contributed by atoms with E-state index in [-0.39, 0.29) is 6.42 Å². The molecule has 0 fully saturated rings. The van der Waals surface area contributed by atoms with E-state index in [1.54, 1.807) is 0 Å². The van der Waals surface area contributed by atoms with Crippen LogP contribution in [0.5, 0.6) is 0 Å². The highest BCUT2D eigenvalue weighted by atomic mass is 127. The smallest absolute Gasteiger partial charge is 0.305 e. The van der Waals surface area contributed by atoms with Crippen LogP contribution in [0.3, 0.4) is 0 Å². The molecule has 0 saturated heterocycles. The molecule has 0 radical (unpaired) electrons. The van der Waals surface area contributed by atoms with Gasteiger partial charge in [0.25, 0.3) is 0 Å². The number of halogens is 1. The standard InChI is InChI=1S/C10H12INO2/c1-6-7(3-2-4-8(6)11)9(12)5-10(13)14/h2-4,9H,5,12H2,1H3,(H,13,14)/t9-/m1/s1. The quantitative estimate of drug-likeness (QED) is 0.840. The molecule has 76 valence electrons. The molecule has 1 rings (SSSR count). The molecule has 0 aliphatic carbocycles. The largest absolute Gasteiger partial charge is 0.481 e. The molecule has 0 heterocycles. The Morgan fingerprint density at radius 3 is 2.86 bits per heavy atom. The maximum atomic E-state index is 10.5. The van der Waals surface area contributed by atoms with E-state index in [0.29, 0.717) is 0 Å². The van der Waals surface area contributed by atoms with Crippen LogP contribution in [-0.2, 0) is 4.79 Å². The fourth-order valence-electron chi connectivity index (χ4n) is 1.32. The van der Waals surface area contributed by atoms with Gasteiger partial charge in [0.05, 0.1) is 6.42 Å². The number of aliphatic carboxylic acids is 1. The van der Waals surface area contributed by atoms with Gasteiger partial charge in [-0.2, -0.15) is 0 Å². The topological polar surface area (TPSA) is 63.3 Å². The Morgan fingerprint density at radius 1 is 1.64 bits per heavy atom. The number of carboxylic acid groups (broad SMARTS) is 1. The van der Waals surface area contributed by atoms with E-state index in [1.807, 2.05) is 25.1 Å². The Kier molecular flexibility index (Phi) is 3.88. The van der Waals surface area contributed by atoms with Crippen molar-refractivity contribution in [3.63, 3.8) is 0 Å². The van der Waals surface area contributed by atoms with Crippen molar-refractivity contribution in [2.24, 2.45) is 5.73 Å². The van der Waals surface area contributed by atoms with Crippen molar-refractivity contribution in [3.05, 3.63) is 32.9 Å². The third-order valence-corrected chi connectivity index (χ3v) is 3.27. The van der Waals surface area contributed by atoms with Gasteiger partial charge >= 0.3 is 5.97 Å². The van der Waals surface area contributed by atoms with Crippen LogP contribution < -0.4 is 5.73 Å². The predicted octanol–water partition coefficient (Wildman–Crippen LogP) is 2.07. The van der Waals surface area contributed by atoms with Crippen molar-refractivity contribution >= 4 is 28.6 Å². The molecule has 1 aromatic rings. The fourth-order valence-corrected chi connectivity index (χ4v) is 1.84. The van der Waals surface area contributed by atoms with Crippen molar-refractivity contribution in [3.8, 4) is 0 Å². The second-order valence-corrected chi connectivity index (χ2v) is 4.32. The summed E-state index contributed by atoms with van der Waals surface area (Å²) in [6, 6.07) is 5.34. The molecule has 0 amide bonds. The molecule has 14 heavy (non-hydrogen) atoms. The van der Waals surface area contributed by atoms with Crippen molar-refractivity contribution in [1.82, 2.24) is 0 Å². The molecule has 1 atom stereocenters. The second-order valence-electron chi connectivity index (χ2n) is 3.16. The van der Waals surface area contributed by atoms with Gasteiger partial charge in [-0.3, -0.25) is 4.79 Å². The van der Waals surface area contributed by atoms with Gasteiger partial charge in [-0.25, -0.2) is 0 Å². The summed E-state index contributed by atoms with van der Waals surface area (Å²) in [6.07, 6.45) is -0.0269. The van der Waals surface area contributed by atoms with Gasteiger partial charge in [-0.15, -0.1) is 0 Å².